The molecule has 18 heteroatoms. The van der Waals surface area contributed by atoms with Crippen molar-refractivity contribution in [3.05, 3.63) is 0 Å². The van der Waals surface area contributed by atoms with Crippen molar-refractivity contribution in [3.8, 4) is 0 Å². The fraction of sp³-hybridized carbons (Fsp3) is 1.00. The zero-order valence-electron chi connectivity index (χ0n) is 26.3. The lowest BCUT2D eigenvalue weighted by Gasteiger charge is -2.44. The molecule has 0 bridgehead atoms. The van der Waals surface area contributed by atoms with Crippen molar-refractivity contribution >= 4 is 77.5 Å². The zero-order chi connectivity index (χ0) is 29.2. The minimum absolute atomic E-state index is 1.20. The third-order valence-corrected chi connectivity index (χ3v) is 35.7. The normalized spacial score (nSPS) is 15.7. The highest BCUT2D eigenvalue weighted by molar-refractivity contribution is 6.92. The van der Waals surface area contributed by atoms with Crippen LogP contribution in [0.25, 0.3) is 0 Å². The number of rotatable bonds is 16. The topological polar surface area (TPSA) is 94.1 Å². The lowest BCUT2D eigenvalue weighted by molar-refractivity contribution is 0.257. The van der Waals surface area contributed by atoms with Crippen LogP contribution in [0, 0.1) is 0 Å². The van der Waals surface area contributed by atoms with Crippen LogP contribution < -0.4 is 0 Å². The minimum atomic E-state index is -2.71. The SMILES string of the molecule is C[SiH](C)O[Si](C)(C)O[Si](C)(C)O[Si](C)(C)O[Si](C)(C)O[Si](C)(C)O[Si](C)(C)O[Si](C)(C)O[Si](C)(C)O. The van der Waals surface area contributed by atoms with Crippen LogP contribution >= 0.6 is 0 Å². The van der Waals surface area contributed by atoms with E-state index in [9.17, 15) is 4.80 Å². The van der Waals surface area contributed by atoms with Crippen molar-refractivity contribution in [3.63, 3.8) is 0 Å². The Labute approximate surface area is 232 Å². The Bertz CT molecular complexity index is 709. The van der Waals surface area contributed by atoms with Gasteiger partial charge in [-0.05, 0) is 118 Å². The molecule has 0 heterocycles. The third-order valence-electron chi connectivity index (χ3n) is 3.96. The second-order valence-electron chi connectivity index (χ2n) is 13.1. The van der Waals surface area contributed by atoms with Gasteiger partial charge in [0.1, 0.15) is 0 Å². The van der Waals surface area contributed by atoms with Gasteiger partial charge >= 0.3 is 68.5 Å². The summed E-state index contributed by atoms with van der Waals surface area (Å²) >= 11 is 0. The summed E-state index contributed by atoms with van der Waals surface area (Å²) in [6.45, 7) is 36.3. The molecule has 0 fully saturated rings. The van der Waals surface area contributed by atoms with Crippen molar-refractivity contribution in [1.29, 1.82) is 0 Å². The molecule has 1 N–H and O–H groups in total. The smallest absolute Gasteiger partial charge is 0.320 e. The van der Waals surface area contributed by atoms with Crippen LogP contribution in [0.1, 0.15) is 0 Å². The Morgan fingerprint density at radius 1 is 0.361 bits per heavy atom. The summed E-state index contributed by atoms with van der Waals surface area (Å²) in [4.78, 5) is 10.2. The molecule has 36 heavy (non-hydrogen) atoms. The third kappa shape index (κ3) is 18.0. The largest absolute Gasteiger partial charge is 0.440 e. The maximum Gasteiger partial charge on any atom is 0.320 e. The molecule has 0 spiro atoms. The van der Waals surface area contributed by atoms with E-state index >= 15 is 0 Å². The van der Waals surface area contributed by atoms with E-state index in [0.29, 0.717) is 0 Å². The van der Waals surface area contributed by atoms with E-state index < -0.39 is 77.5 Å². The summed E-state index contributed by atoms with van der Waals surface area (Å²) in [6.07, 6.45) is 0. The first kappa shape index (κ1) is 37.6. The summed E-state index contributed by atoms with van der Waals surface area (Å²) in [7, 11) is -21.6. The second-order valence-corrected chi connectivity index (χ2v) is 44.4. The van der Waals surface area contributed by atoms with Crippen molar-refractivity contribution in [2.24, 2.45) is 0 Å². The van der Waals surface area contributed by atoms with Gasteiger partial charge in [-0.3, -0.25) is 0 Å². The first-order chi connectivity index (χ1) is 15.4. The summed E-state index contributed by atoms with van der Waals surface area (Å²) in [6, 6.07) is 0. The van der Waals surface area contributed by atoms with E-state index in [0.717, 1.165) is 0 Å². The monoisotopic (exact) mass is 668 g/mol. The highest BCUT2D eigenvalue weighted by Gasteiger charge is 2.49. The van der Waals surface area contributed by atoms with Crippen molar-refractivity contribution in [1.82, 2.24) is 0 Å². The van der Waals surface area contributed by atoms with Crippen LogP contribution in [0.3, 0.4) is 0 Å². The molecule has 9 nitrogen and oxygen atoms in total. The molecule has 0 aromatic rings. The van der Waals surface area contributed by atoms with E-state index in [1.165, 1.54) is 0 Å². The van der Waals surface area contributed by atoms with Crippen LogP contribution in [0.2, 0.25) is 118 Å². The molecular weight excluding hydrogens is 613 g/mol. The molecule has 0 saturated heterocycles. The molecule has 0 aliphatic heterocycles. The molecular formula is C18H56O9Si9. The van der Waals surface area contributed by atoms with Crippen molar-refractivity contribution in [2.75, 3.05) is 0 Å². The fourth-order valence-corrected chi connectivity index (χ4v) is 46.5. The molecule has 0 rings (SSSR count). The van der Waals surface area contributed by atoms with Crippen LogP contribution in [0.5, 0.6) is 0 Å². The molecule has 0 aromatic heterocycles. The highest BCUT2D eigenvalue weighted by atomic mass is 28.5. The van der Waals surface area contributed by atoms with Gasteiger partial charge in [-0.25, -0.2) is 0 Å². The average molecular weight is 669 g/mol. The lowest BCUT2D eigenvalue weighted by Crippen LogP contribution is -2.61. The average Bonchev–Trinajstić information content (AvgIpc) is 2.31. The van der Waals surface area contributed by atoms with Gasteiger partial charge in [-0.1, -0.05) is 0 Å². The van der Waals surface area contributed by atoms with E-state index in [1.807, 2.05) is 52.4 Å². The summed E-state index contributed by atoms with van der Waals surface area (Å²) in [5.74, 6) is 0. The number of hydrogen-bond donors (Lipinski definition) is 1. The van der Waals surface area contributed by atoms with Gasteiger partial charge in [-0.15, -0.1) is 0 Å². The van der Waals surface area contributed by atoms with E-state index in [4.69, 9.17) is 32.9 Å². The lowest BCUT2D eigenvalue weighted by atomic mass is 11.9. The van der Waals surface area contributed by atoms with Gasteiger partial charge in [0.15, 0.2) is 9.04 Å². The maximum atomic E-state index is 10.2. The molecule has 0 unspecified atom stereocenters. The first-order valence-corrected chi connectivity index (χ1v) is 38.0. The molecule has 0 aliphatic rings. The molecule has 218 valence electrons. The van der Waals surface area contributed by atoms with Crippen LogP contribution in [-0.4, -0.2) is 82.3 Å². The minimum Gasteiger partial charge on any atom is -0.440 e. The van der Waals surface area contributed by atoms with Gasteiger partial charge in [0.25, 0.3) is 0 Å². The number of hydrogen-bond acceptors (Lipinski definition) is 9. The summed E-state index contributed by atoms with van der Waals surface area (Å²) < 4.78 is 51.4. The molecule has 0 radical (unpaired) electrons. The van der Waals surface area contributed by atoms with Gasteiger partial charge < -0.3 is 37.7 Å². The quantitative estimate of drug-likeness (QED) is 0.208. The fourth-order valence-electron chi connectivity index (χ4n) is 4.87. The molecule has 0 amide bonds. The predicted octanol–water partition coefficient (Wildman–Crippen LogP) is 5.71. The van der Waals surface area contributed by atoms with Gasteiger partial charge in [0, 0.05) is 0 Å². The standard InChI is InChI=1S/C18H56O9Si9/c1-28(2)20-30(5,6)22-32(9,10)24-34(13,14)26-36(17,18)27-35(15,16)25-33(11,12)23-31(7,8)21-29(3,4)19/h19,28H,1-18H3. The van der Waals surface area contributed by atoms with Gasteiger partial charge in [0.05, 0.1) is 0 Å². The first-order valence-electron chi connectivity index (χ1n) is 12.7. The van der Waals surface area contributed by atoms with E-state index in [2.05, 4.69) is 52.4 Å². The molecule has 0 atom stereocenters. The summed E-state index contributed by atoms with van der Waals surface area (Å²) in [5, 5.41) is 0. The van der Waals surface area contributed by atoms with E-state index in [1.54, 1.807) is 13.1 Å². The Morgan fingerprint density at radius 2 is 0.556 bits per heavy atom. The maximum absolute atomic E-state index is 10.2. The highest BCUT2D eigenvalue weighted by Crippen LogP contribution is 2.29. The van der Waals surface area contributed by atoms with Crippen molar-refractivity contribution < 1.29 is 37.7 Å². The van der Waals surface area contributed by atoms with Crippen molar-refractivity contribution in [2.45, 2.75) is 118 Å². The van der Waals surface area contributed by atoms with Gasteiger partial charge in [0.2, 0.25) is 0 Å². The summed E-state index contributed by atoms with van der Waals surface area (Å²) in [5.41, 5.74) is 0. The van der Waals surface area contributed by atoms with E-state index in [-0.39, 0.29) is 0 Å². The molecule has 0 aromatic carbocycles. The van der Waals surface area contributed by atoms with Crippen LogP contribution in [0.4, 0.5) is 0 Å². The zero-order valence-corrected chi connectivity index (χ0v) is 35.4. The Balaban J connectivity index is 5.32. The van der Waals surface area contributed by atoms with Gasteiger partial charge in [-0.2, -0.15) is 0 Å². The predicted molar refractivity (Wildman–Crippen MR) is 170 cm³/mol. The Morgan fingerprint density at radius 3 is 0.750 bits per heavy atom. The van der Waals surface area contributed by atoms with Crippen LogP contribution in [0.15, 0.2) is 0 Å². The molecule has 0 aliphatic carbocycles. The second kappa shape index (κ2) is 12.6. The Hall–Kier alpha value is 1.59. The van der Waals surface area contributed by atoms with Crippen LogP contribution in [-0.2, 0) is 32.9 Å². The molecule has 0 saturated carbocycles. The Kier molecular flexibility index (Phi) is 13.2.